The number of likely N-dealkylation sites (N-methyl/N-ethyl adjacent to an activating group) is 1. The number of alkyl halides is 2. The number of likely N-dealkylation sites (tertiary alicyclic amines) is 1. The van der Waals surface area contributed by atoms with E-state index in [1.807, 2.05) is 13.8 Å². The van der Waals surface area contributed by atoms with E-state index in [1.54, 1.807) is 11.9 Å². The Balaban J connectivity index is 0.000000561. The highest BCUT2D eigenvalue weighted by molar-refractivity contribution is 4.90. The van der Waals surface area contributed by atoms with Gasteiger partial charge in [-0.2, -0.15) is 0 Å². The Morgan fingerprint density at radius 1 is 1.42 bits per heavy atom. The molecule has 1 N–H and O–H groups in total. The number of nitrogens with zero attached hydrogens (tertiary/aromatic N) is 1. The Hall–Kier alpha value is -0.220. The second kappa shape index (κ2) is 4.72. The fourth-order valence-corrected chi connectivity index (χ4v) is 1.19. The van der Waals surface area contributed by atoms with Crippen LogP contribution in [0.4, 0.5) is 8.78 Å². The molecule has 1 heterocycles. The van der Waals surface area contributed by atoms with E-state index in [-0.39, 0.29) is 13.0 Å². The molecule has 0 amide bonds. The maximum Gasteiger partial charge on any atom is 0.268 e. The highest BCUT2D eigenvalue weighted by atomic mass is 19.3. The fourth-order valence-electron chi connectivity index (χ4n) is 1.19. The van der Waals surface area contributed by atoms with E-state index in [0.29, 0.717) is 6.54 Å². The first-order chi connectivity index (χ1) is 5.54. The van der Waals surface area contributed by atoms with Gasteiger partial charge in [-0.1, -0.05) is 13.8 Å². The highest BCUT2D eigenvalue weighted by Crippen LogP contribution is 2.26. The van der Waals surface area contributed by atoms with Gasteiger partial charge in [-0.15, -0.1) is 0 Å². The number of halogens is 2. The fraction of sp³-hybridized carbons (Fsp3) is 1.00. The number of hydrogen-bond acceptors (Lipinski definition) is 2. The number of aliphatic hydroxyl groups is 1. The van der Waals surface area contributed by atoms with Crippen molar-refractivity contribution in [2.24, 2.45) is 0 Å². The second-order valence-corrected chi connectivity index (χ2v) is 2.89. The van der Waals surface area contributed by atoms with Crippen molar-refractivity contribution in [2.45, 2.75) is 32.3 Å². The zero-order valence-electron chi connectivity index (χ0n) is 7.85. The van der Waals surface area contributed by atoms with Crippen LogP contribution < -0.4 is 0 Å². The molecule has 1 aliphatic heterocycles. The molecule has 74 valence electrons. The summed E-state index contributed by atoms with van der Waals surface area (Å²) in [4.78, 5) is 1.70. The largest absolute Gasteiger partial charge is 0.383 e. The zero-order chi connectivity index (χ0) is 9.78. The summed E-state index contributed by atoms with van der Waals surface area (Å²) in [5.74, 6) is 0. The van der Waals surface area contributed by atoms with E-state index in [4.69, 9.17) is 5.11 Å². The Morgan fingerprint density at radius 3 is 2.08 bits per heavy atom. The first-order valence-electron chi connectivity index (χ1n) is 4.24. The lowest BCUT2D eigenvalue weighted by Gasteiger charge is -2.20. The van der Waals surface area contributed by atoms with Crippen LogP contribution in [0, 0.1) is 0 Å². The third kappa shape index (κ3) is 2.68. The summed E-state index contributed by atoms with van der Waals surface area (Å²) in [6.45, 7) is 4.64. The minimum Gasteiger partial charge on any atom is -0.383 e. The van der Waals surface area contributed by atoms with Crippen molar-refractivity contribution in [3.63, 3.8) is 0 Å². The molecule has 0 aromatic carbocycles. The van der Waals surface area contributed by atoms with Crippen LogP contribution in [0.25, 0.3) is 0 Å². The SMILES string of the molecule is CC.CN1CCC(O)(C(F)F)C1. The molecule has 1 fully saturated rings. The van der Waals surface area contributed by atoms with Crippen molar-refractivity contribution in [1.29, 1.82) is 0 Å². The van der Waals surface area contributed by atoms with Crippen LogP contribution >= 0.6 is 0 Å². The summed E-state index contributed by atoms with van der Waals surface area (Å²) < 4.78 is 24.0. The molecule has 1 rings (SSSR count). The Kier molecular flexibility index (Phi) is 4.63. The maximum absolute atomic E-state index is 12.0. The van der Waals surface area contributed by atoms with E-state index in [2.05, 4.69) is 0 Å². The van der Waals surface area contributed by atoms with Crippen LogP contribution in [0.15, 0.2) is 0 Å². The topological polar surface area (TPSA) is 23.5 Å². The Bertz CT molecular complexity index is 132. The van der Waals surface area contributed by atoms with Gasteiger partial charge >= 0.3 is 0 Å². The van der Waals surface area contributed by atoms with E-state index < -0.39 is 12.0 Å². The van der Waals surface area contributed by atoms with Gasteiger partial charge in [0.05, 0.1) is 0 Å². The van der Waals surface area contributed by atoms with Gasteiger partial charge in [-0.25, -0.2) is 8.78 Å². The van der Waals surface area contributed by atoms with Gasteiger partial charge in [0.15, 0.2) is 0 Å². The van der Waals surface area contributed by atoms with E-state index >= 15 is 0 Å². The van der Waals surface area contributed by atoms with Gasteiger partial charge in [0.1, 0.15) is 5.60 Å². The summed E-state index contributed by atoms with van der Waals surface area (Å²) in [5.41, 5.74) is -1.74. The molecule has 1 unspecified atom stereocenters. The predicted octanol–water partition coefficient (Wildman–Crippen LogP) is 1.34. The second-order valence-electron chi connectivity index (χ2n) is 2.89. The molecule has 4 heteroatoms. The average Bonchev–Trinajstić information content (AvgIpc) is 2.37. The summed E-state index contributed by atoms with van der Waals surface area (Å²) >= 11 is 0. The van der Waals surface area contributed by atoms with Crippen molar-refractivity contribution in [3.8, 4) is 0 Å². The van der Waals surface area contributed by atoms with Gasteiger partial charge in [-0.05, 0) is 13.5 Å². The van der Waals surface area contributed by atoms with Gasteiger partial charge in [0.25, 0.3) is 6.43 Å². The van der Waals surface area contributed by atoms with Crippen LogP contribution in [0.5, 0.6) is 0 Å². The lowest BCUT2D eigenvalue weighted by atomic mass is 10.1. The molecular formula is C8H17F2NO. The van der Waals surface area contributed by atoms with Gasteiger partial charge in [-0.3, -0.25) is 0 Å². The first-order valence-corrected chi connectivity index (χ1v) is 4.24. The van der Waals surface area contributed by atoms with Gasteiger partial charge in [0.2, 0.25) is 0 Å². The molecule has 0 spiro atoms. The molecule has 0 bridgehead atoms. The van der Waals surface area contributed by atoms with Crippen molar-refractivity contribution in [3.05, 3.63) is 0 Å². The third-order valence-corrected chi connectivity index (χ3v) is 1.88. The molecule has 0 aromatic rings. The van der Waals surface area contributed by atoms with Crippen LogP contribution in [-0.2, 0) is 0 Å². The minimum atomic E-state index is -2.61. The standard InChI is InChI=1S/C6H11F2NO.C2H6/c1-9-3-2-6(10,4-9)5(7)8;1-2/h5,10H,2-4H2,1H3;1-2H3. The third-order valence-electron chi connectivity index (χ3n) is 1.88. The van der Waals surface area contributed by atoms with Crippen molar-refractivity contribution in [1.82, 2.24) is 4.90 Å². The van der Waals surface area contributed by atoms with Crippen molar-refractivity contribution in [2.75, 3.05) is 20.1 Å². The highest BCUT2D eigenvalue weighted by Gasteiger charge is 2.42. The molecular weight excluding hydrogens is 164 g/mol. The lowest BCUT2D eigenvalue weighted by Crippen LogP contribution is -2.39. The molecule has 0 radical (unpaired) electrons. The van der Waals surface area contributed by atoms with Crippen LogP contribution in [-0.4, -0.2) is 42.2 Å². The van der Waals surface area contributed by atoms with Gasteiger partial charge in [0, 0.05) is 13.1 Å². The summed E-state index contributed by atoms with van der Waals surface area (Å²) in [6, 6.07) is 0. The summed E-state index contributed by atoms with van der Waals surface area (Å²) in [7, 11) is 1.72. The maximum atomic E-state index is 12.0. The van der Waals surface area contributed by atoms with Crippen LogP contribution in [0.1, 0.15) is 20.3 Å². The molecule has 0 saturated carbocycles. The Morgan fingerprint density at radius 2 is 1.92 bits per heavy atom. The molecule has 12 heavy (non-hydrogen) atoms. The molecule has 1 atom stereocenters. The molecule has 2 nitrogen and oxygen atoms in total. The first kappa shape index (κ1) is 11.8. The predicted molar refractivity (Wildman–Crippen MR) is 44.4 cm³/mol. The molecule has 0 aliphatic carbocycles. The van der Waals surface area contributed by atoms with E-state index in [1.165, 1.54) is 0 Å². The Labute approximate surface area is 72.2 Å². The van der Waals surface area contributed by atoms with Gasteiger partial charge < -0.3 is 10.0 Å². The smallest absolute Gasteiger partial charge is 0.268 e. The summed E-state index contributed by atoms with van der Waals surface area (Å²) in [6.07, 6.45) is -2.43. The molecule has 0 aromatic heterocycles. The van der Waals surface area contributed by atoms with Crippen molar-refractivity contribution < 1.29 is 13.9 Å². The zero-order valence-corrected chi connectivity index (χ0v) is 7.85. The molecule has 1 saturated heterocycles. The average molecular weight is 181 g/mol. The lowest BCUT2D eigenvalue weighted by molar-refractivity contribution is -0.0860. The van der Waals surface area contributed by atoms with Crippen molar-refractivity contribution >= 4 is 0 Å². The van der Waals surface area contributed by atoms with E-state index in [9.17, 15) is 8.78 Å². The molecule has 1 aliphatic rings. The number of rotatable bonds is 1. The quantitative estimate of drug-likeness (QED) is 0.660. The van der Waals surface area contributed by atoms with E-state index in [0.717, 1.165) is 0 Å². The van der Waals surface area contributed by atoms with Crippen LogP contribution in [0.2, 0.25) is 0 Å². The van der Waals surface area contributed by atoms with Crippen LogP contribution in [0.3, 0.4) is 0 Å². The number of hydrogen-bond donors (Lipinski definition) is 1. The minimum absolute atomic E-state index is 0.0880. The number of β-amino-alcohol motifs (C(OH)–C–C–N with tert-alkyl or cyclic N) is 1. The normalized spacial score (nSPS) is 30.2. The summed E-state index contributed by atoms with van der Waals surface area (Å²) in [5, 5.41) is 9.15. The monoisotopic (exact) mass is 181 g/mol.